The number of nitrogens with one attached hydrogen (secondary N) is 1. The maximum Gasteiger partial charge on any atom is 0.394 e. The van der Waals surface area contributed by atoms with Gasteiger partial charge in [-0.25, -0.2) is 9.18 Å². The van der Waals surface area contributed by atoms with E-state index in [1.165, 1.54) is 23.2 Å². The molecule has 4 rings (SSSR count). The number of halogens is 5. The third-order valence-electron chi connectivity index (χ3n) is 5.53. The van der Waals surface area contributed by atoms with Crippen LogP contribution in [0, 0.1) is 11.7 Å². The summed E-state index contributed by atoms with van der Waals surface area (Å²) in [5.41, 5.74) is 1.04. The summed E-state index contributed by atoms with van der Waals surface area (Å²) in [5, 5.41) is 6.69. The number of urea groups is 1. The van der Waals surface area contributed by atoms with Crippen LogP contribution in [0.3, 0.4) is 0 Å². The number of alkyl halides is 3. The number of rotatable bonds is 2. The van der Waals surface area contributed by atoms with Crippen molar-refractivity contribution in [2.75, 3.05) is 16.8 Å². The molecule has 3 amide bonds. The first kappa shape index (κ1) is 21.4. The lowest BCUT2D eigenvalue weighted by molar-refractivity contribution is -0.169. The van der Waals surface area contributed by atoms with E-state index in [1.54, 1.807) is 11.6 Å². The number of hydrogen-bond donors (Lipinski definition) is 1. The second kappa shape index (κ2) is 7.70. The molecule has 7 nitrogen and oxygen atoms in total. The largest absolute Gasteiger partial charge is 0.394 e. The molecular formula is C19H18ClF4N5O2. The molecule has 1 N–H and O–H groups in total. The van der Waals surface area contributed by atoms with Gasteiger partial charge >= 0.3 is 12.2 Å². The number of amides is 3. The minimum absolute atomic E-state index is 0.0394. The van der Waals surface area contributed by atoms with Crippen molar-refractivity contribution >= 4 is 34.9 Å². The van der Waals surface area contributed by atoms with E-state index in [-0.39, 0.29) is 23.3 Å². The summed E-state index contributed by atoms with van der Waals surface area (Å²) in [6.07, 6.45) is -3.71. The van der Waals surface area contributed by atoms with E-state index in [0.29, 0.717) is 17.9 Å². The zero-order valence-electron chi connectivity index (χ0n) is 16.3. The first-order valence-electron chi connectivity index (χ1n) is 9.49. The van der Waals surface area contributed by atoms with E-state index in [4.69, 9.17) is 11.6 Å². The van der Waals surface area contributed by atoms with Crippen molar-refractivity contribution in [3.8, 4) is 0 Å². The molecule has 31 heavy (non-hydrogen) atoms. The van der Waals surface area contributed by atoms with Crippen LogP contribution in [0.25, 0.3) is 0 Å². The minimum Gasteiger partial charge on any atom is -0.314 e. The summed E-state index contributed by atoms with van der Waals surface area (Å²) in [7, 11) is 0. The van der Waals surface area contributed by atoms with E-state index in [9.17, 15) is 27.2 Å². The molecule has 3 heterocycles. The van der Waals surface area contributed by atoms with Crippen LogP contribution in [0.2, 0.25) is 5.02 Å². The van der Waals surface area contributed by atoms with Crippen molar-refractivity contribution in [3.63, 3.8) is 0 Å². The van der Waals surface area contributed by atoms with Gasteiger partial charge in [0.1, 0.15) is 5.82 Å². The zero-order chi connectivity index (χ0) is 22.5. The summed E-state index contributed by atoms with van der Waals surface area (Å²) in [4.78, 5) is 27.6. The molecule has 1 aromatic heterocycles. The molecule has 1 unspecified atom stereocenters. The Labute approximate surface area is 179 Å². The molecule has 1 aromatic carbocycles. The molecule has 0 radical (unpaired) electrons. The smallest absolute Gasteiger partial charge is 0.314 e. The Morgan fingerprint density at radius 3 is 2.68 bits per heavy atom. The van der Waals surface area contributed by atoms with Gasteiger partial charge < -0.3 is 15.1 Å². The highest BCUT2D eigenvalue weighted by atomic mass is 35.5. The molecule has 0 bridgehead atoms. The van der Waals surface area contributed by atoms with E-state index < -0.39 is 42.8 Å². The van der Waals surface area contributed by atoms with Gasteiger partial charge in [-0.2, -0.15) is 18.3 Å². The first-order valence-corrected chi connectivity index (χ1v) is 9.87. The van der Waals surface area contributed by atoms with E-state index in [0.717, 1.165) is 11.0 Å². The second-order valence-corrected chi connectivity index (χ2v) is 8.05. The average molecular weight is 460 g/mol. The summed E-state index contributed by atoms with van der Waals surface area (Å²) in [6, 6.07) is 2.99. The maximum absolute atomic E-state index is 13.3. The fraction of sp³-hybridized carbons (Fsp3) is 0.421. The Kier molecular flexibility index (Phi) is 5.32. The average Bonchev–Trinajstić information content (AvgIpc) is 3.26. The molecule has 0 spiro atoms. The number of aromatic nitrogens is 2. The Bertz CT molecular complexity index is 1040. The lowest BCUT2D eigenvalue weighted by atomic mass is 10.1. The van der Waals surface area contributed by atoms with Crippen LogP contribution >= 0.6 is 11.6 Å². The molecule has 166 valence electrons. The van der Waals surface area contributed by atoms with Gasteiger partial charge in [-0.3, -0.25) is 9.48 Å². The minimum atomic E-state index is -4.46. The topological polar surface area (TPSA) is 70.5 Å². The van der Waals surface area contributed by atoms with Gasteiger partial charge in [0.05, 0.1) is 47.7 Å². The van der Waals surface area contributed by atoms with Gasteiger partial charge in [-0.1, -0.05) is 11.6 Å². The van der Waals surface area contributed by atoms with Crippen LogP contribution in [0.1, 0.15) is 19.0 Å². The number of fused-ring (bicyclic) bond motifs is 1. The van der Waals surface area contributed by atoms with Crippen molar-refractivity contribution in [2.24, 2.45) is 5.92 Å². The second-order valence-electron chi connectivity index (χ2n) is 7.64. The van der Waals surface area contributed by atoms with Crippen molar-refractivity contribution in [2.45, 2.75) is 38.7 Å². The standard InChI is InChI=1S/C19H18ClF4N5O2/c1-10-7-29-16(9-27(10)18(31)26-12-2-3-14(21)13(20)5-12)15(6-25-29)28-8-11(4-17(28)30)19(22,23)24/h2-3,5-6,10-11H,4,7-9H2,1H3,(H,26,31)/t10-,11?/m0/s1. The zero-order valence-corrected chi connectivity index (χ0v) is 17.0. The lowest BCUT2D eigenvalue weighted by Crippen LogP contribution is -2.47. The predicted molar refractivity (Wildman–Crippen MR) is 104 cm³/mol. The normalized spacial score (nSPS) is 21.4. The summed E-state index contributed by atoms with van der Waals surface area (Å²) >= 11 is 5.75. The maximum atomic E-state index is 13.3. The van der Waals surface area contributed by atoms with Gasteiger partial charge in [-0.15, -0.1) is 0 Å². The van der Waals surface area contributed by atoms with Crippen LogP contribution < -0.4 is 10.2 Å². The van der Waals surface area contributed by atoms with Gasteiger partial charge in [-0.05, 0) is 25.1 Å². The molecule has 0 saturated carbocycles. The highest BCUT2D eigenvalue weighted by molar-refractivity contribution is 6.31. The van der Waals surface area contributed by atoms with E-state index in [2.05, 4.69) is 10.4 Å². The SMILES string of the molecule is C[C@H]1Cn2ncc(N3CC(C(F)(F)F)CC3=O)c2CN1C(=O)Nc1ccc(F)c(Cl)c1. The molecule has 1 fully saturated rings. The Morgan fingerprint density at radius 2 is 2.03 bits per heavy atom. The molecule has 2 aliphatic heterocycles. The van der Waals surface area contributed by atoms with Crippen LogP contribution in [0.4, 0.5) is 33.7 Å². The molecule has 2 aliphatic rings. The highest BCUT2D eigenvalue weighted by Gasteiger charge is 2.48. The Balaban J connectivity index is 1.54. The van der Waals surface area contributed by atoms with Crippen LogP contribution in [-0.4, -0.2) is 45.4 Å². The quantitative estimate of drug-likeness (QED) is 0.689. The lowest BCUT2D eigenvalue weighted by Gasteiger charge is -2.35. The molecule has 2 atom stereocenters. The number of hydrogen-bond acceptors (Lipinski definition) is 3. The Hall–Kier alpha value is -2.82. The molecule has 1 saturated heterocycles. The monoisotopic (exact) mass is 459 g/mol. The van der Waals surface area contributed by atoms with Crippen molar-refractivity contribution in [1.82, 2.24) is 14.7 Å². The van der Waals surface area contributed by atoms with Gasteiger partial charge in [0.2, 0.25) is 5.91 Å². The van der Waals surface area contributed by atoms with Crippen LogP contribution in [-0.2, 0) is 17.9 Å². The number of carbonyl (C=O) groups is 2. The van der Waals surface area contributed by atoms with Crippen LogP contribution in [0.15, 0.2) is 24.4 Å². The van der Waals surface area contributed by atoms with Crippen molar-refractivity contribution in [3.05, 3.63) is 40.9 Å². The van der Waals surface area contributed by atoms with Gasteiger partial charge in [0, 0.05) is 18.7 Å². The number of benzene rings is 1. The number of anilines is 2. The molecule has 12 heteroatoms. The fourth-order valence-corrected chi connectivity index (χ4v) is 3.99. The van der Waals surface area contributed by atoms with Crippen molar-refractivity contribution < 1.29 is 27.2 Å². The summed E-state index contributed by atoms with van der Waals surface area (Å²) in [6.45, 7) is 1.66. The van der Waals surface area contributed by atoms with Gasteiger partial charge in [0.15, 0.2) is 0 Å². The molecule has 0 aliphatic carbocycles. The van der Waals surface area contributed by atoms with Crippen molar-refractivity contribution in [1.29, 1.82) is 0 Å². The van der Waals surface area contributed by atoms with E-state index >= 15 is 0 Å². The molecule has 2 aromatic rings. The number of carbonyl (C=O) groups excluding carboxylic acids is 2. The fourth-order valence-electron chi connectivity index (χ4n) is 3.81. The number of nitrogens with zero attached hydrogens (tertiary/aromatic N) is 4. The molecular weight excluding hydrogens is 442 g/mol. The third kappa shape index (κ3) is 4.06. The van der Waals surface area contributed by atoms with E-state index in [1.807, 2.05) is 0 Å². The highest BCUT2D eigenvalue weighted by Crippen LogP contribution is 2.38. The van der Waals surface area contributed by atoms with Gasteiger partial charge in [0.25, 0.3) is 0 Å². The van der Waals surface area contributed by atoms with Crippen LogP contribution in [0.5, 0.6) is 0 Å². The summed E-state index contributed by atoms with van der Waals surface area (Å²) in [5.74, 6) is -2.98. The predicted octanol–water partition coefficient (Wildman–Crippen LogP) is 4.03. The summed E-state index contributed by atoms with van der Waals surface area (Å²) < 4.78 is 54.2. The first-order chi connectivity index (χ1) is 14.5. The Morgan fingerprint density at radius 1 is 1.29 bits per heavy atom. The third-order valence-corrected chi connectivity index (χ3v) is 5.82.